The molecule has 2 rings (SSSR count). The van der Waals surface area contributed by atoms with Gasteiger partial charge in [0.1, 0.15) is 5.44 Å². The van der Waals surface area contributed by atoms with Crippen LogP contribution >= 0.6 is 11.8 Å². The SMILES string of the molecule is CCCCCCCCCCC[C@H]1O[C@H]1Sc1ccccc1. The highest BCUT2D eigenvalue weighted by molar-refractivity contribution is 8.00. The van der Waals surface area contributed by atoms with E-state index in [1.807, 2.05) is 11.8 Å². The van der Waals surface area contributed by atoms with Crippen molar-refractivity contribution in [1.82, 2.24) is 0 Å². The van der Waals surface area contributed by atoms with Crippen LogP contribution in [0.3, 0.4) is 0 Å². The van der Waals surface area contributed by atoms with Crippen molar-refractivity contribution in [3.8, 4) is 0 Å². The molecule has 1 fully saturated rings. The van der Waals surface area contributed by atoms with Crippen molar-refractivity contribution in [2.75, 3.05) is 0 Å². The van der Waals surface area contributed by atoms with E-state index < -0.39 is 0 Å². The van der Waals surface area contributed by atoms with E-state index in [0.29, 0.717) is 11.5 Å². The highest BCUT2D eigenvalue weighted by atomic mass is 32.2. The molecule has 1 aromatic carbocycles. The molecule has 1 aliphatic heterocycles. The van der Waals surface area contributed by atoms with Gasteiger partial charge >= 0.3 is 0 Å². The summed E-state index contributed by atoms with van der Waals surface area (Å²) in [6.45, 7) is 2.28. The minimum absolute atomic E-state index is 0.418. The zero-order chi connectivity index (χ0) is 14.8. The third kappa shape index (κ3) is 7.37. The van der Waals surface area contributed by atoms with E-state index in [1.165, 1.54) is 69.1 Å². The van der Waals surface area contributed by atoms with Crippen molar-refractivity contribution >= 4 is 11.8 Å². The molecule has 1 saturated heterocycles. The summed E-state index contributed by atoms with van der Waals surface area (Å²) in [6, 6.07) is 10.6. The molecule has 118 valence electrons. The lowest BCUT2D eigenvalue weighted by Crippen LogP contribution is -1.90. The predicted octanol–water partition coefficient (Wildman–Crippen LogP) is 6.42. The zero-order valence-corrected chi connectivity index (χ0v) is 14.2. The maximum Gasteiger partial charge on any atom is 0.134 e. The molecule has 0 radical (unpaired) electrons. The van der Waals surface area contributed by atoms with Gasteiger partial charge < -0.3 is 4.74 Å². The lowest BCUT2D eigenvalue weighted by atomic mass is 10.1. The second-order valence-electron chi connectivity index (χ2n) is 6.09. The van der Waals surface area contributed by atoms with Crippen LogP contribution in [0.25, 0.3) is 0 Å². The largest absolute Gasteiger partial charge is 0.358 e. The van der Waals surface area contributed by atoms with Crippen LogP contribution in [0.4, 0.5) is 0 Å². The summed E-state index contributed by atoms with van der Waals surface area (Å²) in [7, 11) is 0. The molecule has 0 spiro atoms. The van der Waals surface area contributed by atoms with Gasteiger partial charge in [-0.15, -0.1) is 0 Å². The van der Waals surface area contributed by atoms with Crippen molar-refractivity contribution in [3.05, 3.63) is 30.3 Å². The molecular weight excluding hydrogens is 276 g/mol. The van der Waals surface area contributed by atoms with Gasteiger partial charge in [0.25, 0.3) is 0 Å². The van der Waals surface area contributed by atoms with E-state index in [1.54, 1.807) is 0 Å². The molecule has 1 nitrogen and oxygen atoms in total. The summed E-state index contributed by atoms with van der Waals surface area (Å²) >= 11 is 1.87. The fourth-order valence-electron chi connectivity index (χ4n) is 2.72. The molecule has 2 heteroatoms. The third-order valence-electron chi connectivity index (χ3n) is 4.12. The highest BCUT2D eigenvalue weighted by Crippen LogP contribution is 2.40. The molecule has 0 aromatic heterocycles. The van der Waals surface area contributed by atoms with Gasteiger partial charge in [0.2, 0.25) is 0 Å². The maximum absolute atomic E-state index is 5.76. The number of rotatable bonds is 12. The van der Waals surface area contributed by atoms with Crippen LogP contribution in [0.1, 0.15) is 71.1 Å². The molecular formula is C19H30OS. The quantitative estimate of drug-likeness (QED) is 0.326. The topological polar surface area (TPSA) is 12.5 Å². The van der Waals surface area contributed by atoms with Gasteiger partial charge in [-0.2, -0.15) is 0 Å². The second-order valence-corrected chi connectivity index (χ2v) is 7.26. The lowest BCUT2D eigenvalue weighted by molar-refractivity contribution is 0.381. The summed E-state index contributed by atoms with van der Waals surface area (Å²) in [6.07, 6.45) is 14.4. The van der Waals surface area contributed by atoms with Crippen molar-refractivity contribution < 1.29 is 4.74 Å². The number of epoxide rings is 1. The zero-order valence-electron chi connectivity index (χ0n) is 13.4. The van der Waals surface area contributed by atoms with Crippen LogP contribution in [0.2, 0.25) is 0 Å². The van der Waals surface area contributed by atoms with E-state index in [-0.39, 0.29) is 0 Å². The number of thioether (sulfide) groups is 1. The Labute approximate surface area is 134 Å². The van der Waals surface area contributed by atoms with E-state index in [9.17, 15) is 0 Å². The Morgan fingerprint density at radius 1 is 0.857 bits per heavy atom. The summed E-state index contributed by atoms with van der Waals surface area (Å²) in [5.41, 5.74) is 0.418. The van der Waals surface area contributed by atoms with Crippen LogP contribution in [-0.4, -0.2) is 11.5 Å². The van der Waals surface area contributed by atoms with Crippen LogP contribution in [0.15, 0.2) is 35.2 Å². The van der Waals surface area contributed by atoms with Crippen molar-refractivity contribution in [2.45, 2.75) is 87.6 Å². The number of ether oxygens (including phenoxy) is 1. The predicted molar refractivity (Wildman–Crippen MR) is 92.8 cm³/mol. The Morgan fingerprint density at radius 3 is 2.14 bits per heavy atom. The summed E-state index contributed by atoms with van der Waals surface area (Å²) in [4.78, 5) is 1.33. The lowest BCUT2D eigenvalue weighted by Gasteiger charge is -2.01. The molecule has 21 heavy (non-hydrogen) atoms. The van der Waals surface area contributed by atoms with Crippen LogP contribution in [0, 0.1) is 0 Å². The fraction of sp³-hybridized carbons (Fsp3) is 0.684. The second kappa shape index (κ2) is 10.3. The van der Waals surface area contributed by atoms with Crippen LogP contribution in [-0.2, 0) is 4.74 Å². The molecule has 1 aliphatic rings. The molecule has 0 N–H and O–H groups in total. The Bertz CT molecular complexity index is 365. The summed E-state index contributed by atoms with van der Waals surface area (Å²) in [5, 5.41) is 0. The smallest absolute Gasteiger partial charge is 0.134 e. The molecule has 0 saturated carbocycles. The van der Waals surface area contributed by atoms with Gasteiger partial charge in [0.15, 0.2) is 0 Å². The van der Waals surface area contributed by atoms with Crippen molar-refractivity contribution in [1.29, 1.82) is 0 Å². The van der Waals surface area contributed by atoms with Crippen LogP contribution < -0.4 is 0 Å². The van der Waals surface area contributed by atoms with Gasteiger partial charge in [-0.1, -0.05) is 94.7 Å². The van der Waals surface area contributed by atoms with Crippen molar-refractivity contribution in [2.24, 2.45) is 0 Å². The Morgan fingerprint density at radius 2 is 1.48 bits per heavy atom. The standard InChI is InChI=1S/C19H30OS/c1-2-3-4-5-6-7-8-9-13-16-18-19(20-18)21-17-14-11-10-12-15-17/h10-12,14-15,18-19H,2-9,13,16H2,1H3/t18-,19+/m1/s1. The maximum atomic E-state index is 5.76. The van der Waals surface area contributed by atoms with E-state index in [4.69, 9.17) is 4.74 Å². The Balaban J connectivity index is 1.39. The number of unbranched alkanes of at least 4 members (excludes halogenated alkanes) is 8. The first kappa shape index (κ1) is 16.9. The molecule has 0 bridgehead atoms. The monoisotopic (exact) mass is 306 g/mol. The molecule has 1 heterocycles. The normalized spacial score (nSPS) is 20.6. The minimum atomic E-state index is 0.418. The first-order chi connectivity index (χ1) is 10.4. The first-order valence-corrected chi connectivity index (χ1v) is 9.65. The van der Waals surface area contributed by atoms with E-state index in [2.05, 4.69) is 37.3 Å². The van der Waals surface area contributed by atoms with E-state index in [0.717, 1.165) is 0 Å². The number of benzene rings is 1. The molecule has 0 amide bonds. The fourth-order valence-corrected chi connectivity index (χ4v) is 3.79. The van der Waals surface area contributed by atoms with Crippen LogP contribution in [0.5, 0.6) is 0 Å². The molecule has 0 unspecified atom stereocenters. The third-order valence-corrected chi connectivity index (χ3v) is 5.31. The van der Waals surface area contributed by atoms with Gasteiger partial charge in [-0.05, 0) is 18.6 Å². The molecule has 2 atom stereocenters. The summed E-state index contributed by atoms with van der Waals surface area (Å²) in [5.74, 6) is 0. The highest BCUT2D eigenvalue weighted by Gasteiger charge is 2.38. The van der Waals surface area contributed by atoms with Crippen molar-refractivity contribution in [3.63, 3.8) is 0 Å². The van der Waals surface area contributed by atoms with E-state index >= 15 is 0 Å². The number of hydrogen-bond donors (Lipinski definition) is 0. The van der Waals surface area contributed by atoms with Gasteiger partial charge in [0.05, 0.1) is 6.10 Å². The minimum Gasteiger partial charge on any atom is -0.358 e. The Kier molecular flexibility index (Phi) is 8.28. The van der Waals surface area contributed by atoms with Gasteiger partial charge in [0, 0.05) is 4.90 Å². The Hall–Kier alpha value is -0.470. The average molecular weight is 307 g/mol. The molecule has 0 aliphatic carbocycles. The van der Waals surface area contributed by atoms with Gasteiger partial charge in [-0.3, -0.25) is 0 Å². The first-order valence-electron chi connectivity index (χ1n) is 8.77. The van der Waals surface area contributed by atoms with Gasteiger partial charge in [-0.25, -0.2) is 0 Å². The average Bonchev–Trinajstić information content (AvgIpc) is 3.24. The number of hydrogen-bond acceptors (Lipinski definition) is 2. The molecule has 1 aromatic rings. The summed E-state index contributed by atoms with van der Waals surface area (Å²) < 4.78 is 5.76.